The van der Waals surface area contributed by atoms with Gasteiger partial charge in [0.2, 0.25) is 0 Å². The molecule has 1 heterocycles. The van der Waals surface area contributed by atoms with Gasteiger partial charge in [0.1, 0.15) is 5.82 Å². The van der Waals surface area contributed by atoms with Crippen LogP contribution < -0.4 is 5.32 Å². The molecule has 21 heavy (non-hydrogen) atoms. The molecule has 1 aliphatic heterocycles. The summed E-state index contributed by atoms with van der Waals surface area (Å²) < 4.78 is 42.5. The van der Waals surface area contributed by atoms with E-state index in [2.05, 4.69) is 5.32 Å². The Balaban J connectivity index is 1.98. The first-order valence-electron chi connectivity index (χ1n) is 6.99. The van der Waals surface area contributed by atoms with Crippen LogP contribution in [0.5, 0.6) is 0 Å². The van der Waals surface area contributed by atoms with Gasteiger partial charge in [-0.05, 0) is 43.1 Å². The first-order chi connectivity index (χ1) is 10.0. The Morgan fingerprint density at radius 1 is 1.38 bits per heavy atom. The topological polar surface area (TPSA) is 75.6 Å². The third-order valence-corrected chi connectivity index (χ3v) is 5.26. The van der Waals surface area contributed by atoms with Crippen LogP contribution in [0, 0.1) is 5.82 Å². The number of halogens is 1. The Morgan fingerprint density at radius 2 is 2.19 bits per heavy atom. The number of sulfone groups is 1. The van der Waals surface area contributed by atoms with E-state index in [-0.39, 0.29) is 23.3 Å². The van der Waals surface area contributed by atoms with Crippen molar-refractivity contribution in [1.82, 2.24) is 5.32 Å². The summed E-state index contributed by atoms with van der Waals surface area (Å²) in [7, 11) is -3.29. The lowest BCUT2D eigenvalue weighted by atomic mass is 10.0. The minimum atomic E-state index is -3.29. The number of aliphatic hydroxyl groups is 1. The molecule has 2 rings (SSSR count). The molecule has 1 unspecified atom stereocenters. The molecule has 1 aliphatic rings. The van der Waals surface area contributed by atoms with Crippen molar-refractivity contribution in [2.45, 2.75) is 23.8 Å². The fourth-order valence-electron chi connectivity index (χ4n) is 2.44. The summed E-state index contributed by atoms with van der Waals surface area (Å²) in [6.45, 7) is 1.48. The van der Waals surface area contributed by atoms with Crippen molar-refractivity contribution < 1.29 is 22.7 Å². The second-order valence-corrected chi connectivity index (χ2v) is 7.06. The molecule has 7 heteroatoms. The fraction of sp³-hybridized carbons (Fsp3) is 0.571. The molecule has 1 aromatic carbocycles. The Kier molecular flexibility index (Phi) is 5.69. The molecule has 118 valence electrons. The zero-order chi connectivity index (χ0) is 15.3. The highest BCUT2D eigenvalue weighted by Crippen LogP contribution is 2.32. The van der Waals surface area contributed by atoms with Crippen LogP contribution in [0.3, 0.4) is 0 Å². The van der Waals surface area contributed by atoms with E-state index in [0.29, 0.717) is 31.7 Å². The number of ether oxygens (including phenoxy) is 1. The Hall–Kier alpha value is -1.02. The van der Waals surface area contributed by atoms with Crippen molar-refractivity contribution in [2.75, 3.05) is 32.1 Å². The molecule has 0 bridgehead atoms. The lowest BCUT2D eigenvalue weighted by molar-refractivity contribution is 0.0903. The molecule has 0 spiro atoms. The first kappa shape index (κ1) is 16.4. The quantitative estimate of drug-likeness (QED) is 0.580. The van der Waals surface area contributed by atoms with E-state index in [1.807, 2.05) is 0 Å². The smallest absolute Gasteiger partial charge is 0.178 e. The van der Waals surface area contributed by atoms with E-state index >= 15 is 0 Å². The van der Waals surface area contributed by atoms with Crippen molar-refractivity contribution in [3.63, 3.8) is 0 Å². The Morgan fingerprint density at radius 3 is 2.95 bits per heavy atom. The summed E-state index contributed by atoms with van der Waals surface area (Å²) in [6.07, 6.45) is 1.18. The first-order valence-corrected chi connectivity index (χ1v) is 8.64. The molecular formula is C14H20FNO4S. The zero-order valence-electron chi connectivity index (χ0n) is 11.7. The number of fused-ring (bicyclic) bond motifs is 1. The molecule has 5 nitrogen and oxygen atoms in total. The summed E-state index contributed by atoms with van der Waals surface area (Å²) in [5.74, 6) is -0.353. The van der Waals surface area contributed by atoms with Gasteiger partial charge < -0.3 is 15.2 Å². The number of hydrogen-bond acceptors (Lipinski definition) is 5. The van der Waals surface area contributed by atoms with Crippen molar-refractivity contribution in [2.24, 2.45) is 0 Å². The maximum atomic E-state index is 13.4. The molecule has 0 saturated carbocycles. The van der Waals surface area contributed by atoms with Gasteiger partial charge in [0.25, 0.3) is 0 Å². The van der Waals surface area contributed by atoms with Crippen LogP contribution in [0.1, 0.15) is 24.4 Å². The standard InChI is InChI=1S/C14H20FNO4S/c15-11-2-3-14-12(10-11)13(4-9-21(14,18)19)16-5-1-7-20-8-6-17/h2-3,10,13,16-17H,1,4-9H2. The van der Waals surface area contributed by atoms with Gasteiger partial charge in [-0.25, -0.2) is 12.8 Å². The molecule has 0 radical (unpaired) electrons. The van der Waals surface area contributed by atoms with Gasteiger partial charge in [0, 0.05) is 12.6 Å². The summed E-state index contributed by atoms with van der Waals surface area (Å²) in [5, 5.41) is 11.8. The van der Waals surface area contributed by atoms with Gasteiger partial charge in [-0.1, -0.05) is 0 Å². The van der Waals surface area contributed by atoms with Gasteiger partial charge in [-0.2, -0.15) is 0 Å². The maximum absolute atomic E-state index is 13.4. The predicted molar refractivity (Wildman–Crippen MR) is 76.3 cm³/mol. The molecule has 0 aliphatic carbocycles. The molecule has 0 saturated heterocycles. The zero-order valence-corrected chi connectivity index (χ0v) is 12.5. The van der Waals surface area contributed by atoms with Crippen LogP contribution in [0.15, 0.2) is 23.1 Å². The fourth-order valence-corrected chi connectivity index (χ4v) is 4.04. The number of rotatable bonds is 7. The van der Waals surface area contributed by atoms with Gasteiger partial charge in [-0.15, -0.1) is 0 Å². The third kappa shape index (κ3) is 4.23. The molecule has 1 aromatic rings. The highest BCUT2D eigenvalue weighted by Gasteiger charge is 2.30. The number of benzene rings is 1. The maximum Gasteiger partial charge on any atom is 0.178 e. The molecule has 0 aromatic heterocycles. The van der Waals surface area contributed by atoms with Crippen molar-refractivity contribution in [3.8, 4) is 0 Å². The molecule has 0 fully saturated rings. The van der Waals surface area contributed by atoms with E-state index in [1.165, 1.54) is 18.2 Å². The monoisotopic (exact) mass is 317 g/mol. The number of hydrogen-bond donors (Lipinski definition) is 2. The lowest BCUT2D eigenvalue weighted by Gasteiger charge is -2.26. The van der Waals surface area contributed by atoms with Crippen molar-refractivity contribution in [1.29, 1.82) is 0 Å². The van der Waals surface area contributed by atoms with Crippen LogP contribution in [-0.4, -0.2) is 45.6 Å². The molecule has 1 atom stereocenters. The van der Waals surface area contributed by atoms with Crippen LogP contribution >= 0.6 is 0 Å². The SMILES string of the molecule is O=S1(=O)CCC(NCCCOCCO)c2cc(F)ccc21. The van der Waals surface area contributed by atoms with Crippen molar-refractivity contribution >= 4 is 9.84 Å². The van der Waals surface area contributed by atoms with Crippen LogP contribution in [-0.2, 0) is 14.6 Å². The summed E-state index contributed by atoms with van der Waals surface area (Å²) >= 11 is 0. The van der Waals surface area contributed by atoms with E-state index in [4.69, 9.17) is 9.84 Å². The average Bonchev–Trinajstić information content (AvgIpc) is 2.44. The Labute approximate surface area is 124 Å². The number of aliphatic hydroxyl groups excluding tert-OH is 1. The highest BCUT2D eigenvalue weighted by atomic mass is 32.2. The summed E-state index contributed by atoms with van der Waals surface area (Å²) in [4.78, 5) is 0.226. The predicted octanol–water partition coefficient (Wildman–Crippen LogP) is 1.03. The Bertz CT molecular complexity index is 576. The van der Waals surface area contributed by atoms with Crippen LogP contribution in [0.25, 0.3) is 0 Å². The van der Waals surface area contributed by atoms with Gasteiger partial charge in [0.05, 0.1) is 23.9 Å². The van der Waals surface area contributed by atoms with Gasteiger partial charge >= 0.3 is 0 Å². The van der Waals surface area contributed by atoms with E-state index < -0.39 is 15.7 Å². The minimum Gasteiger partial charge on any atom is -0.394 e. The van der Waals surface area contributed by atoms with Crippen LogP contribution in [0.2, 0.25) is 0 Å². The van der Waals surface area contributed by atoms with Gasteiger partial charge in [0.15, 0.2) is 9.84 Å². The van der Waals surface area contributed by atoms with E-state index in [1.54, 1.807) is 0 Å². The molecule has 0 amide bonds. The number of nitrogens with one attached hydrogen (secondary N) is 1. The summed E-state index contributed by atoms with van der Waals surface area (Å²) in [5.41, 5.74) is 0.512. The second kappa shape index (κ2) is 7.31. The largest absolute Gasteiger partial charge is 0.394 e. The van der Waals surface area contributed by atoms with Gasteiger partial charge in [-0.3, -0.25) is 0 Å². The average molecular weight is 317 g/mol. The van der Waals surface area contributed by atoms with Crippen LogP contribution in [0.4, 0.5) is 4.39 Å². The van der Waals surface area contributed by atoms with E-state index in [9.17, 15) is 12.8 Å². The van der Waals surface area contributed by atoms with E-state index in [0.717, 1.165) is 6.42 Å². The normalized spacial score (nSPS) is 20.2. The highest BCUT2D eigenvalue weighted by molar-refractivity contribution is 7.91. The summed E-state index contributed by atoms with van der Waals surface area (Å²) in [6, 6.07) is 3.67. The van der Waals surface area contributed by atoms with Crippen molar-refractivity contribution in [3.05, 3.63) is 29.6 Å². The third-order valence-electron chi connectivity index (χ3n) is 3.45. The second-order valence-electron chi connectivity index (χ2n) is 4.99. The molecule has 2 N–H and O–H groups in total. The minimum absolute atomic E-state index is 0.000561. The lowest BCUT2D eigenvalue weighted by Crippen LogP contribution is -2.31. The molecular weight excluding hydrogens is 297 g/mol.